The molecule has 156 valence electrons. The molecule has 8 heteroatoms. The number of aromatic nitrogens is 2. The van der Waals surface area contributed by atoms with Crippen molar-refractivity contribution in [3.05, 3.63) is 12.3 Å². The summed E-state index contributed by atoms with van der Waals surface area (Å²) >= 11 is 0. The molecule has 0 bridgehead atoms. The zero-order valence-corrected chi connectivity index (χ0v) is 17.8. The normalized spacial score (nSPS) is 26.2. The van der Waals surface area contributed by atoms with Gasteiger partial charge in [-0.05, 0) is 39.3 Å². The van der Waals surface area contributed by atoms with Crippen molar-refractivity contribution in [2.45, 2.75) is 44.9 Å². The highest BCUT2D eigenvalue weighted by Crippen LogP contribution is 2.20. The average Bonchev–Trinajstić information content (AvgIpc) is 2.67. The van der Waals surface area contributed by atoms with E-state index in [2.05, 4.69) is 26.8 Å². The molecule has 2 aliphatic heterocycles. The summed E-state index contributed by atoms with van der Waals surface area (Å²) in [5, 5.41) is 0. The Morgan fingerprint density at radius 2 is 1.93 bits per heavy atom. The Morgan fingerprint density at radius 1 is 1.21 bits per heavy atom. The summed E-state index contributed by atoms with van der Waals surface area (Å²) in [5.41, 5.74) is 0. The number of carbonyl (C=O) groups excluding carboxylic acids is 1. The van der Waals surface area contributed by atoms with Crippen molar-refractivity contribution >= 4 is 17.7 Å². The second kappa shape index (κ2) is 9.05. The summed E-state index contributed by atoms with van der Waals surface area (Å²) in [6.07, 6.45) is 4.18. The molecule has 3 heterocycles. The van der Waals surface area contributed by atoms with Gasteiger partial charge in [0, 0.05) is 53.0 Å². The largest absolute Gasteiger partial charge is 0.372 e. The number of carbonyl (C=O) groups is 1. The number of hydrogen-bond acceptors (Lipinski definition) is 7. The number of likely N-dealkylation sites (N-methyl/N-ethyl adjacent to an activating group) is 1. The maximum atomic E-state index is 12.8. The SMILES string of the molecule is CC1CN(C(=O)CN2CCCC(N(C)c3nccc(N(C)C)n3)C2)CC(C)O1. The maximum absolute atomic E-state index is 12.8. The van der Waals surface area contributed by atoms with Crippen LogP contribution in [-0.2, 0) is 9.53 Å². The van der Waals surface area contributed by atoms with Gasteiger partial charge in [-0.1, -0.05) is 0 Å². The third-order valence-electron chi connectivity index (χ3n) is 5.56. The Hall–Kier alpha value is -1.93. The molecule has 0 saturated carbocycles. The highest BCUT2D eigenvalue weighted by atomic mass is 16.5. The van der Waals surface area contributed by atoms with Crippen molar-refractivity contribution in [1.29, 1.82) is 0 Å². The molecular formula is C20H34N6O2. The van der Waals surface area contributed by atoms with Crippen LogP contribution in [0.2, 0.25) is 0 Å². The topological polar surface area (TPSA) is 65.0 Å². The van der Waals surface area contributed by atoms with Crippen molar-refractivity contribution in [1.82, 2.24) is 19.8 Å². The Bertz CT molecular complexity index is 660. The van der Waals surface area contributed by atoms with Crippen molar-refractivity contribution < 1.29 is 9.53 Å². The highest BCUT2D eigenvalue weighted by Gasteiger charge is 2.30. The van der Waals surface area contributed by atoms with Crippen LogP contribution >= 0.6 is 0 Å². The van der Waals surface area contributed by atoms with E-state index in [1.165, 1.54) is 0 Å². The van der Waals surface area contributed by atoms with Crippen LogP contribution in [0.15, 0.2) is 12.3 Å². The van der Waals surface area contributed by atoms with Gasteiger partial charge in [0.05, 0.1) is 18.8 Å². The fourth-order valence-corrected chi connectivity index (χ4v) is 4.09. The van der Waals surface area contributed by atoms with E-state index in [1.807, 2.05) is 43.8 Å². The van der Waals surface area contributed by atoms with Crippen LogP contribution in [0.25, 0.3) is 0 Å². The third-order valence-corrected chi connectivity index (χ3v) is 5.56. The van der Waals surface area contributed by atoms with Gasteiger partial charge in [0.15, 0.2) is 0 Å². The van der Waals surface area contributed by atoms with Gasteiger partial charge < -0.3 is 19.4 Å². The minimum Gasteiger partial charge on any atom is -0.372 e. The first kappa shape index (κ1) is 20.8. The van der Waals surface area contributed by atoms with Crippen LogP contribution in [0.5, 0.6) is 0 Å². The van der Waals surface area contributed by atoms with E-state index in [9.17, 15) is 4.79 Å². The quantitative estimate of drug-likeness (QED) is 0.745. The van der Waals surface area contributed by atoms with Crippen LogP contribution in [0, 0.1) is 0 Å². The number of ether oxygens (including phenoxy) is 1. The van der Waals surface area contributed by atoms with Crippen LogP contribution in [0.1, 0.15) is 26.7 Å². The number of amides is 1. The lowest BCUT2D eigenvalue weighted by molar-refractivity contribution is -0.144. The number of rotatable bonds is 5. The van der Waals surface area contributed by atoms with E-state index in [1.54, 1.807) is 6.20 Å². The molecule has 3 atom stereocenters. The lowest BCUT2D eigenvalue weighted by Crippen LogP contribution is -2.53. The van der Waals surface area contributed by atoms with Crippen molar-refractivity contribution in [2.24, 2.45) is 0 Å². The van der Waals surface area contributed by atoms with Gasteiger partial charge in [-0.25, -0.2) is 4.98 Å². The number of piperidine rings is 1. The Kier molecular flexibility index (Phi) is 6.72. The van der Waals surface area contributed by atoms with Crippen molar-refractivity contribution in [3.63, 3.8) is 0 Å². The monoisotopic (exact) mass is 390 g/mol. The van der Waals surface area contributed by atoms with Gasteiger partial charge in [-0.3, -0.25) is 9.69 Å². The number of morpholine rings is 1. The molecule has 1 aromatic rings. The minimum absolute atomic E-state index is 0.106. The Balaban J connectivity index is 1.59. The number of hydrogen-bond donors (Lipinski definition) is 0. The van der Waals surface area contributed by atoms with Gasteiger partial charge in [0.2, 0.25) is 11.9 Å². The molecule has 0 spiro atoms. The van der Waals surface area contributed by atoms with Crippen molar-refractivity contribution in [3.8, 4) is 0 Å². The molecule has 0 aliphatic carbocycles. The number of nitrogens with zero attached hydrogens (tertiary/aromatic N) is 6. The van der Waals surface area contributed by atoms with Crippen LogP contribution in [0.4, 0.5) is 11.8 Å². The lowest BCUT2D eigenvalue weighted by atomic mass is 10.0. The second-order valence-electron chi connectivity index (χ2n) is 8.31. The smallest absolute Gasteiger partial charge is 0.236 e. The summed E-state index contributed by atoms with van der Waals surface area (Å²) in [6.45, 7) is 7.73. The predicted molar refractivity (Wildman–Crippen MR) is 111 cm³/mol. The zero-order chi connectivity index (χ0) is 20.3. The highest BCUT2D eigenvalue weighted by molar-refractivity contribution is 5.78. The van der Waals surface area contributed by atoms with E-state index in [-0.39, 0.29) is 18.1 Å². The molecule has 2 fully saturated rings. The molecular weight excluding hydrogens is 356 g/mol. The van der Waals surface area contributed by atoms with E-state index in [4.69, 9.17) is 4.74 Å². The molecule has 3 rings (SSSR count). The van der Waals surface area contributed by atoms with E-state index in [0.29, 0.717) is 25.7 Å². The van der Waals surface area contributed by atoms with Gasteiger partial charge in [-0.15, -0.1) is 0 Å². The molecule has 3 unspecified atom stereocenters. The van der Waals surface area contributed by atoms with Crippen LogP contribution in [-0.4, -0.2) is 97.8 Å². The summed E-state index contributed by atoms with van der Waals surface area (Å²) in [6, 6.07) is 2.22. The molecule has 0 N–H and O–H groups in total. The molecule has 8 nitrogen and oxygen atoms in total. The maximum Gasteiger partial charge on any atom is 0.236 e. The predicted octanol–water partition coefficient (Wildman–Crippen LogP) is 1.08. The second-order valence-corrected chi connectivity index (χ2v) is 8.31. The molecule has 0 aromatic carbocycles. The van der Waals surface area contributed by atoms with Gasteiger partial charge in [-0.2, -0.15) is 4.98 Å². The first-order valence-electron chi connectivity index (χ1n) is 10.2. The van der Waals surface area contributed by atoms with Crippen LogP contribution < -0.4 is 9.80 Å². The number of anilines is 2. The lowest BCUT2D eigenvalue weighted by Gasteiger charge is -2.40. The standard InChI is InChI=1S/C20H34N6O2/c1-15-11-26(12-16(2)28-15)19(27)14-25-10-6-7-17(13-25)24(5)20-21-9-8-18(22-20)23(3)4/h8-9,15-17H,6-7,10-14H2,1-5H3. The zero-order valence-electron chi connectivity index (χ0n) is 17.8. The fourth-order valence-electron chi connectivity index (χ4n) is 4.09. The summed E-state index contributed by atoms with van der Waals surface area (Å²) in [7, 11) is 6.01. The first-order valence-corrected chi connectivity index (χ1v) is 10.2. The molecule has 0 radical (unpaired) electrons. The Morgan fingerprint density at radius 3 is 2.61 bits per heavy atom. The molecule has 28 heavy (non-hydrogen) atoms. The first-order chi connectivity index (χ1) is 13.3. The van der Waals surface area contributed by atoms with E-state index >= 15 is 0 Å². The summed E-state index contributed by atoms with van der Waals surface area (Å²) in [4.78, 5) is 30.3. The Labute approximate surface area is 168 Å². The van der Waals surface area contributed by atoms with Gasteiger partial charge in [0.25, 0.3) is 0 Å². The third kappa shape index (κ3) is 5.11. The van der Waals surface area contributed by atoms with Gasteiger partial charge in [0.1, 0.15) is 5.82 Å². The summed E-state index contributed by atoms with van der Waals surface area (Å²) < 4.78 is 5.75. The summed E-state index contributed by atoms with van der Waals surface area (Å²) in [5.74, 6) is 1.84. The minimum atomic E-state index is 0.106. The van der Waals surface area contributed by atoms with Gasteiger partial charge >= 0.3 is 0 Å². The fraction of sp³-hybridized carbons (Fsp3) is 0.750. The average molecular weight is 391 g/mol. The van der Waals surface area contributed by atoms with Crippen molar-refractivity contribution in [2.75, 3.05) is 63.7 Å². The molecule has 1 aromatic heterocycles. The van der Waals surface area contributed by atoms with E-state index < -0.39 is 0 Å². The number of likely N-dealkylation sites (tertiary alicyclic amines) is 1. The molecule has 2 saturated heterocycles. The molecule has 2 aliphatic rings. The van der Waals surface area contributed by atoms with E-state index in [0.717, 1.165) is 37.7 Å². The van der Waals surface area contributed by atoms with Crippen LogP contribution in [0.3, 0.4) is 0 Å². The molecule has 1 amide bonds.